The van der Waals surface area contributed by atoms with Crippen LogP contribution in [0.5, 0.6) is 0 Å². The lowest BCUT2D eigenvalue weighted by molar-refractivity contribution is 0.318. The van der Waals surface area contributed by atoms with Crippen molar-refractivity contribution in [2.45, 2.75) is 77.7 Å². The van der Waals surface area contributed by atoms with Gasteiger partial charge in [0.05, 0.1) is 0 Å². The number of hydrogen-bond donors (Lipinski definition) is 1. The van der Waals surface area contributed by atoms with Crippen LogP contribution in [0.3, 0.4) is 0 Å². The van der Waals surface area contributed by atoms with Crippen LogP contribution in [-0.2, 0) is 5.41 Å². The van der Waals surface area contributed by atoms with Crippen LogP contribution in [0, 0.1) is 5.92 Å². The third kappa shape index (κ3) is 4.01. The highest BCUT2D eigenvalue weighted by Gasteiger charge is 2.23. The number of benzene rings is 1. The maximum absolute atomic E-state index is 3.82. The van der Waals surface area contributed by atoms with Gasteiger partial charge in [0.15, 0.2) is 0 Å². The van der Waals surface area contributed by atoms with Gasteiger partial charge in [-0.05, 0) is 48.6 Å². The molecule has 0 heterocycles. The Kier molecular flexibility index (Phi) is 5.12. The lowest BCUT2D eigenvalue weighted by atomic mass is 9.82. The van der Waals surface area contributed by atoms with E-state index in [0.717, 1.165) is 5.92 Å². The third-order valence-electron chi connectivity index (χ3n) is 4.64. The lowest BCUT2D eigenvalue weighted by Gasteiger charge is -2.32. The molecule has 2 rings (SSSR count). The second-order valence-corrected chi connectivity index (χ2v) is 7.45. The maximum Gasteiger partial charge on any atom is 0.0380 e. The van der Waals surface area contributed by atoms with E-state index in [4.69, 9.17) is 0 Å². The zero-order valence-corrected chi connectivity index (χ0v) is 13.7. The fourth-order valence-electron chi connectivity index (χ4n) is 3.49. The number of rotatable bonds is 4. The van der Waals surface area contributed by atoms with Gasteiger partial charge in [-0.1, -0.05) is 58.7 Å². The Labute approximate surface area is 125 Å². The zero-order valence-electron chi connectivity index (χ0n) is 13.7. The monoisotopic (exact) mass is 273 g/mol. The predicted octanol–water partition coefficient (Wildman–Crippen LogP) is 5.75. The summed E-state index contributed by atoms with van der Waals surface area (Å²) in [5.74, 6) is 0.982. The minimum Gasteiger partial charge on any atom is -0.382 e. The predicted molar refractivity (Wildman–Crippen MR) is 89.4 cm³/mol. The topological polar surface area (TPSA) is 12.0 Å². The SMILES string of the molecule is CCCC1CCC(Nc2ccccc2C(C)(C)C)CC1. The van der Waals surface area contributed by atoms with Crippen LogP contribution in [0.1, 0.15) is 71.8 Å². The molecule has 1 saturated carbocycles. The maximum atomic E-state index is 3.82. The number of nitrogens with one attached hydrogen (secondary N) is 1. The molecular weight excluding hydrogens is 242 g/mol. The average Bonchev–Trinajstić information content (AvgIpc) is 2.41. The van der Waals surface area contributed by atoms with Crippen LogP contribution in [0.15, 0.2) is 24.3 Å². The molecule has 1 N–H and O–H groups in total. The van der Waals surface area contributed by atoms with Crippen molar-refractivity contribution in [2.24, 2.45) is 5.92 Å². The molecule has 0 aliphatic heterocycles. The second-order valence-electron chi connectivity index (χ2n) is 7.45. The Morgan fingerprint density at radius 3 is 2.30 bits per heavy atom. The standard InChI is InChI=1S/C19H31N/c1-5-8-15-11-13-16(14-12-15)20-18-10-7-6-9-17(18)19(2,3)4/h6-7,9-10,15-16,20H,5,8,11-14H2,1-4H3. The highest BCUT2D eigenvalue weighted by Crippen LogP contribution is 2.33. The lowest BCUT2D eigenvalue weighted by Crippen LogP contribution is -2.27. The van der Waals surface area contributed by atoms with Crippen molar-refractivity contribution in [1.82, 2.24) is 0 Å². The molecule has 0 amide bonds. The first-order chi connectivity index (χ1) is 9.50. The Hall–Kier alpha value is -0.980. The number of hydrogen-bond acceptors (Lipinski definition) is 1. The van der Waals surface area contributed by atoms with Gasteiger partial charge in [-0.15, -0.1) is 0 Å². The van der Waals surface area contributed by atoms with E-state index in [1.807, 2.05) is 0 Å². The number of anilines is 1. The van der Waals surface area contributed by atoms with Crippen molar-refractivity contribution in [2.75, 3.05) is 5.32 Å². The molecule has 0 radical (unpaired) electrons. The van der Waals surface area contributed by atoms with Crippen LogP contribution in [0.25, 0.3) is 0 Å². The largest absolute Gasteiger partial charge is 0.382 e. The van der Waals surface area contributed by atoms with E-state index in [1.165, 1.54) is 49.8 Å². The minimum atomic E-state index is 0.211. The van der Waals surface area contributed by atoms with E-state index in [-0.39, 0.29) is 5.41 Å². The Morgan fingerprint density at radius 1 is 1.05 bits per heavy atom. The van der Waals surface area contributed by atoms with Crippen LogP contribution < -0.4 is 5.32 Å². The van der Waals surface area contributed by atoms with Gasteiger partial charge in [-0.25, -0.2) is 0 Å². The first kappa shape index (κ1) is 15.4. The van der Waals surface area contributed by atoms with E-state index in [1.54, 1.807) is 0 Å². The normalized spacial score (nSPS) is 23.6. The quantitative estimate of drug-likeness (QED) is 0.736. The molecule has 112 valence electrons. The molecule has 0 atom stereocenters. The molecule has 0 aromatic heterocycles. The van der Waals surface area contributed by atoms with E-state index in [2.05, 4.69) is 57.3 Å². The van der Waals surface area contributed by atoms with Gasteiger partial charge in [-0.3, -0.25) is 0 Å². The molecule has 1 nitrogen and oxygen atoms in total. The first-order valence-corrected chi connectivity index (χ1v) is 8.36. The van der Waals surface area contributed by atoms with Gasteiger partial charge in [0.1, 0.15) is 0 Å². The van der Waals surface area contributed by atoms with Crippen molar-refractivity contribution in [3.05, 3.63) is 29.8 Å². The Balaban J connectivity index is 1.98. The van der Waals surface area contributed by atoms with Gasteiger partial charge in [0.25, 0.3) is 0 Å². The van der Waals surface area contributed by atoms with Gasteiger partial charge in [-0.2, -0.15) is 0 Å². The molecule has 0 unspecified atom stereocenters. The summed E-state index contributed by atoms with van der Waals surface area (Å²) in [6.45, 7) is 9.20. The summed E-state index contributed by atoms with van der Waals surface area (Å²) < 4.78 is 0. The molecule has 1 heteroatoms. The first-order valence-electron chi connectivity index (χ1n) is 8.36. The molecule has 1 aliphatic rings. The molecule has 0 spiro atoms. The van der Waals surface area contributed by atoms with E-state index in [0.29, 0.717) is 6.04 Å². The van der Waals surface area contributed by atoms with E-state index < -0.39 is 0 Å². The smallest absolute Gasteiger partial charge is 0.0380 e. The van der Waals surface area contributed by atoms with Crippen LogP contribution in [-0.4, -0.2) is 6.04 Å². The van der Waals surface area contributed by atoms with Crippen LogP contribution in [0.4, 0.5) is 5.69 Å². The van der Waals surface area contributed by atoms with Gasteiger partial charge < -0.3 is 5.32 Å². The van der Waals surface area contributed by atoms with Crippen molar-refractivity contribution in [3.63, 3.8) is 0 Å². The third-order valence-corrected chi connectivity index (χ3v) is 4.64. The number of para-hydroxylation sites is 1. The van der Waals surface area contributed by atoms with Gasteiger partial charge >= 0.3 is 0 Å². The molecule has 20 heavy (non-hydrogen) atoms. The van der Waals surface area contributed by atoms with Gasteiger partial charge in [0.2, 0.25) is 0 Å². The summed E-state index contributed by atoms with van der Waals surface area (Å²) in [6.07, 6.45) is 8.25. The molecule has 1 aromatic carbocycles. The second kappa shape index (κ2) is 6.65. The van der Waals surface area contributed by atoms with E-state index in [9.17, 15) is 0 Å². The highest BCUT2D eigenvalue weighted by molar-refractivity contribution is 5.54. The summed E-state index contributed by atoms with van der Waals surface area (Å²) in [5.41, 5.74) is 3.00. The van der Waals surface area contributed by atoms with Crippen molar-refractivity contribution in [3.8, 4) is 0 Å². The van der Waals surface area contributed by atoms with Gasteiger partial charge in [0, 0.05) is 11.7 Å². The van der Waals surface area contributed by atoms with Crippen LogP contribution in [0.2, 0.25) is 0 Å². The molecule has 0 saturated heterocycles. The highest BCUT2D eigenvalue weighted by atomic mass is 14.9. The van der Waals surface area contributed by atoms with Crippen molar-refractivity contribution in [1.29, 1.82) is 0 Å². The van der Waals surface area contributed by atoms with E-state index >= 15 is 0 Å². The molecule has 0 bridgehead atoms. The minimum absolute atomic E-state index is 0.211. The summed E-state index contributed by atoms with van der Waals surface area (Å²) >= 11 is 0. The summed E-state index contributed by atoms with van der Waals surface area (Å²) in [4.78, 5) is 0. The summed E-state index contributed by atoms with van der Waals surface area (Å²) in [7, 11) is 0. The fourth-order valence-corrected chi connectivity index (χ4v) is 3.49. The van der Waals surface area contributed by atoms with Crippen LogP contribution >= 0.6 is 0 Å². The average molecular weight is 273 g/mol. The molecule has 1 aromatic rings. The summed E-state index contributed by atoms with van der Waals surface area (Å²) in [6, 6.07) is 9.50. The molecular formula is C19H31N. The molecule has 1 fully saturated rings. The Bertz CT molecular complexity index is 408. The van der Waals surface area contributed by atoms with Crippen molar-refractivity contribution < 1.29 is 0 Å². The fraction of sp³-hybridized carbons (Fsp3) is 0.684. The summed E-state index contributed by atoms with van der Waals surface area (Å²) in [5, 5.41) is 3.82. The zero-order chi connectivity index (χ0) is 14.6. The van der Waals surface area contributed by atoms with Crippen molar-refractivity contribution >= 4 is 5.69 Å². The molecule has 1 aliphatic carbocycles. The Morgan fingerprint density at radius 2 is 1.70 bits per heavy atom.